The average molecular weight is 659 g/mol. The standard InChI is InChI=1S/C34H30N2O8S2/c37-26(16-20-8-3-1-4-9-20)43-24-13-7-12-22-17-33-31(40)36-28-23(18-34(36,46-45-33)32(41)35(33)27(22)24)19-42-15-14-25(28)44-30(39)29(38)21-10-5-2-6-11-21/h1-15,19,24-25,27-30,38-39H,16-18H2. The molecule has 7 aliphatic rings. The van der Waals surface area contributed by atoms with Gasteiger partial charge in [0.2, 0.25) is 0 Å². The number of benzene rings is 2. The fraction of sp³-hybridized carbons (Fsp3) is 0.324. The maximum absolute atomic E-state index is 14.8. The Morgan fingerprint density at radius 2 is 1.52 bits per heavy atom. The zero-order chi connectivity index (χ0) is 31.6. The summed E-state index contributed by atoms with van der Waals surface area (Å²) < 4.78 is 17.6. The summed E-state index contributed by atoms with van der Waals surface area (Å²) in [6, 6.07) is 16.6. The number of aliphatic hydroxyl groups is 2. The highest BCUT2D eigenvalue weighted by Gasteiger charge is 2.77. The zero-order valence-corrected chi connectivity index (χ0v) is 26.0. The molecule has 46 heavy (non-hydrogen) atoms. The van der Waals surface area contributed by atoms with Crippen molar-refractivity contribution in [3.63, 3.8) is 0 Å². The van der Waals surface area contributed by atoms with Gasteiger partial charge in [-0.2, -0.15) is 0 Å². The summed E-state index contributed by atoms with van der Waals surface area (Å²) in [4.78, 5) is 43.2. The first-order chi connectivity index (χ1) is 22.3. The molecule has 5 saturated heterocycles. The molecule has 2 aromatic carbocycles. The molecule has 2 amide bonds. The minimum absolute atomic E-state index is 0.0901. The predicted octanol–water partition coefficient (Wildman–Crippen LogP) is 3.51. The number of carbonyl (C=O) groups excluding carboxylic acids is 3. The SMILES string of the molecule is O=C(Cc1ccccc1)OC1C=CC=C2CC34SSC5(CC6=COC=CC(OC(O)C(O)c7ccccc7)C6N5C3=O)C(=O)N4C21. The third kappa shape index (κ3) is 4.42. The second kappa shape index (κ2) is 11.2. The van der Waals surface area contributed by atoms with Crippen molar-refractivity contribution in [2.24, 2.45) is 0 Å². The van der Waals surface area contributed by atoms with E-state index in [1.807, 2.05) is 42.5 Å². The van der Waals surface area contributed by atoms with Crippen LogP contribution in [-0.2, 0) is 35.0 Å². The van der Waals surface area contributed by atoms with Gasteiger partial charge in [-0.25, -0.2) is 0 Å². The quantitative estimate of drug-likeness (QED) is 0.260. The molecular weight excluding hydrogens is 629 g/mol. The van der Waals surface area contributed by atoms with Crippen LogP contribution in [0.4, 0.5) is 0 Å². The minimum atomic E-state index is -1.62. The molecule has 2 aromatic rings. The third-order valence-corrected chi connectivity index (χ3v) is 12.9. The second-order valence-electron chi connectivity index (χ2n) is 12.1. The third-order valence-electron chi connectivity index (χ3n) is 9.37. The summed E-state index contributed by atoms with van der Waals surface area (Å²) in [5.41, 5.74) is 2.81. The van der Waals surface area contributed by atoms with Crippen molar-refractivity contribution in [1.82, 2.24) is 9.80 Å². The van der Waals surface area contributed by atoms with E-state index >= 15 is 0 Å². The number of hydrogen-bond donors (Lipinski definition) is 2. The van der Waals surface area contributed by atoms with Crippen LogP contribution in [0.1, 0.15) is 30.1 Å². The normalized spacial score (nSPS) is 33.2. The van der Waals surface area contributed by atoms with Gasteiger partial charge in [-0.15, -0.1) is 0 Å². The van der Waals surface area contributed by atoms with E-state index in [4.69, 9.17) is 14.2 Å². The molecule has 2 N–H and O–H groups in total. The molecule has 2 spiro atoms. The predicted molar refractivity (Wildman–Crippen MR) is 169 cm³/mol. The van der Waals surface area contributed by atoms with E-state index in [-0.39, 0.29) is 31.1 Å². The van der Waals surface area contributed by atoms with Crippen molar-refractivity contribution in [3.05, 3.63) is 120 Å². The number of allylic oxidation sites excluding steroid dienone is 2. The Morgan fingerprint density at radius 3 is 2.22 bits per heavy atom. The Morgan fingerprint density at radius 1 is 0.891 bits per heavy atom. The highest BCUT2D eigenvalue weighted by atomic mass is 33.1. The first-order valence-electron chi connectivity index (χ1n) is 15.0. The van der Waals surface area contributed by atoms with Crippen molar-refractivity contribution in [1.29, 1.82) is 0 Å². The smallest absolute Gasteiger partial charge is 0.310 e. The monoisotopic (exact) mass is 658 g/mol. The van der Waals surface area contributed by atoms with Gasteiger partial charge in [-0.1, -0.05) is 94.4 Å². The van der Waals surface area contributed by atoms with Crippen molar-refractivity contribution in [2.45, 2.75) is 65.7 Å². The summed E-state index contributed by atoms with van der Waals surface area (Å²) in [5.74, 6) is -0.916. The molecular formula is C34H30N2O8S2. The van der Waals surface area contributed by atoms with Crippen molar-refractivity contribution < 1.29 is 38.8 Å². The van der Waals surface area contributed by atoms with Crippen LogP contribution in [-0.4, -0.2) is 78.1 Å². The number of ether oxygens (including phenoxy) is 3. The maximum Gasteiger partial charge on any atom is 0.310 e. The lowest BCUT2D eigenvalue weighted by Gasteiger charge is -2.58. The minimum Gasteiger partial charge on any atom is -0.473 e. The van der Waals surface area contributed by atoms with Crippen LogP contribution in [0.15, 0.2) is 109 Å². The first-order valence-corrected chi connectivity index (χ1v) is 17.2. The van der Waals surface area contributed by atoms with Crippen molar-refractivity contribution in [3.8, 4) is 0 Å². The number of nitrogens with zero attached hydrogens (tertiary/aromatic N) is 2. The van der Waals surface area contributed by atoms with Gasteiger partial charge in [0, 0.05) is 12.8 Å². The number of esters is 1. The van der Waals surface area contributed by atoms with E-state index in [9.17, 15) is 24.6 Å². The van der Waals surface area contributed by atoms with E-state index in [0.717, 1.165) is 11.1 Å². The fourth-order valence-corrected chi connectivity index (χ4v) is 11.0. The lowest BCUT2D eigenvalue weighted by atomic mass is 9.96. The molecule has 8 unspecified atom stereocenters. The van der Waals surface area contributed by atoms with Gasteiger partial charge in [0.05, 0.1) is 31.0 Å². The van der Waals surface area contributed by atoms with E-state index in [0.29, 0.717) is 11.1 Å². The van der Waals surface area contributed by atoms with Crippen LogP contribution in [0.5, 0.6) is 0 Å². The van der Waals surface area contributed by atoms with Crippen LogP contribution in [0.3, 0.4) is 0 Å². The Balaban J connectivity index is 1.09. The van der Waals surface area contributed by atoms with Gasteiger partial charge < -0.3 is 34.2 Å². The molecule has 5 fully saturated rings. The van der Waals surface area contributed by atoms with Crippen LogP contribution >= 0.6 is 21.6 Å². The van der Waals surface area contributed by atoms with E-state index < -0.39 is 52.4 Å². The molecule has 10 nitrogen and oxygen atoms in total. The number of aliphatic hydroxyl groups excluding tert-OH is 2. The second-order valence-corrected chi connectivity index (χ2v) is 14.8. The Bertz CT molecular complexity index is 1710. The van der Waals surface area contributed by atoms with Crippen molar-refractivity contribution in [2.75, 3.05) is 0 Å². The summed E-state index contributed by atoms with van der Waals surface area (Å²) >= 11 is 0. The lowest BCUT2D eigenvalue weighted by molar-refractivity contribution is -0.194. The van der Waals surface area contributed by atoms with Crippen molar-refractivity contribution >= 4 is 39.4 Å². The van der Waals surface area contributed by atoms with Crippen LogP contribution in [0.25, 0.3) is 0 Å². The summed E-state index contributed by atoms with van der Waals surface area (Å²) in [5, 5.41) is 21.8. The summed E-state index contributed by atoms with van der Waals surface area (Å²) in [7, 11) is 2.73. The summed E-state index contributed by atoms with van der Waals surface area (Å²) in [6.07, 6.45) is 5.97. The highest BCUT2D eigenvalue weighted by molar-refractivity contribution is 8.78. The number of rotatable bonds is 7. The number of piperazine rings is 1. The van der Waals surface area contributed by atoms with E-state index in [2.05, 4.69) is 0 Å². The molecule has 6 aliphatic heterocycles. The fourth-order valence-electron chi connectivity index (χ4n) is 7.34. The summed E-state index contributed by atoms with van der Waals surface area (Å²) in [6.45, 7) is 0. The molecule has 12 heteroatoms. The van der Waals surface area contributed by atoms with Crippen LogP contribution in [0.2, 0.25) is 0 Å². The van der Waals surface area contributed by atoms with E-state index in [1.165, 1.54) is 34.1 Å². The van der Waals surface area contributed by atoms with Gasteiger partial charge in [-0.05, 0) is 34.4 Å². The molecule has 6 heterocycles. The van der Waals surface area contributed by atoms with Gasteiger partial charge in [0.25, 0.3) is 11.8 Å². The number of amides is 2. The number of carbonyl (C=O) groups is 3. The Labute approximate surface area is 272 Å². The van der Waals surface area contributed by atoms with Crippen LogP contribution < -0.4 is 0 Å². The Hall–Kier alpha value is -3.81. The molecule has 9 rings (SSSR count). The molecule has 236 valence electrons. The number of hydrogen-bond acceptors (Lipinski definition) is 10. The van der Waals surface area contributed by atoms with E-state index in [1.54, 1.807) is 52.3 Å². The van der Waals surface area contributed by atoms with Gasteiger partial charge in [0.15, 0.2) is 16.0 Å². The van der Waals surface area contributed by atoms with Crippen LogP contribution in [0, 0.1) is 0 Å². The topological polar surface area (TPSA) is 126 Å². The highest BCUT2D eigenvalue weighted by Crippen LogP contribution is 2.69. The molecule has 0 radical (unpaired) electrons. The maximum atomic E-state index is 14.8. The molecule has 0 saturated carbocycles. The first kappa shape index (κ1) is 29.6. The molecule has 8 atom stereocenters. The lowest BCUT2D eigenvalue weighted by Crippen LogP contribution is -2.77. The molecule has 0 aromatic heterocycles. The largest absolute Gasteiger partial charge is 0.473 e. The number of fused-ring (bicyclic) bond motifs is 3. The van der Waals surface area contributed by atoms with Gasteiger partial charge in [0.1, 0.15) is 18.3 Å². The average Bonchev–Trinajstić information content (AvgIpc) is 3.53. The van der Waals surface area contributed by atoms with Gasteiger partial charge in [-0.3, -0.25) is 14.4 Å². The Kier molecular flexibility index (Phi) is 7.18. The molecule has 2 bridgehead atoms. The molecule has 1 aliphatic carbocycles. The zero-order valence-electron chi connectivity index (χ0n) is 24.4. The van der Waals surface area contributed by atoms with Gasteiger partial charge >= 0.3 is 5.97 Å².